The number of aliphatic carboxylic acids is 1. The summed E-state index contributed by atoms with van der Waals surface area (Å²) in [5.41, 5.74) is 0.446. The summed E-state index contributed by atoms with van der Waals surface area (Å²) in [6.07, 6.45) is -0.0649. The Morgan fingerprint density at radius 2 is 2.10 bits per heavy atom. The van der Waals surface area contributed by atoms with Gasteiger partial charge in [0, 0.05) is 29.3 Å². The molecule has 1 aromatic carbocycles. The maximum absolute atomic E-state index is 11.7. The quantitative estimate of drug-likeness (QED) is 0.622. The second kappa shape index (κ2) is 7.71. The first-order chi connectivity index (χ1) is 9.46. The van der Waals surface area contributed by atoms with Crippen molar-refractivity contribution < 1.29 is 24.5 Å². The number of carbonyl (C=O) groups is 2. The van der Waals surface area contributed by atoms with Gasteiger partial charge in [-0.1, -0.05) is 15.9 Å². The minimum absolute atomic E-state index is 0.0649. The van der Waals surface area contributed by atoms with E-state index in [0.717, 1.165) is 0 Å². The van der Waals surface area contributed by atoms with Crippen LogP contribution in [0.2, 0.25) is 0 Å². The first-order valence-electron chi connectivity index (χ1n) is 5.72. The molecule has 0 aliphatic rings. The summed E-state index contributed by atoms with van der Waals surface area (Å²) in [5, 5.41) is 22.4. The summed E-state index contributed by atoms with van der Waals surface area (Å²) in [7, 11) is 1.49. The van der Waals surface area contributed by atoms with Gasteiger partial charge in [0.1, 0.15) is 11.8 Å². The van der Waals surface area contributed by atoms with Gasteiger partial charge in [-0.3, -0.25) is 0 Å². The molecule has 1 rings (SSSR count). The Bertz CT molecular complexity index is 495. The molecule has 0 bridgehead atoms. The predicted molar refractivity (Wildman–Crippen MR) is 76.0 cm³/mol. The third-order valence-corrected chi connectivity index (χ3v) is 2.84. The van der Waals surface area contributed by atoms with Crippen molar-refractivity contribution in [2.75, 3.05) is 19.0 Å². The molecule has 110 valence electrons. The fraction of sp³-hybridized carbons (Fsp3) is 0.333. The molecule has 0 heterocycles. The number of methoxy groups -OCH3 is 1. The Hall–Kier alpha value is -1.80. The summed E-state index contributed by atoms with van der Waals surface area (Å²) >= 11 is 3.26. The van der Waals surface area contributed by atoms with E-state index in [2.05, 4.69) is 26.6 Å². The monoisotopic (exact) mass is 346 g/mol. The zero-order valence-corrected chi connectivity index (χ0v) is 12.3. The Morgan fingerprint density at radius 3 is 2.65 bits per heavy atom. The van der Waals surface area contributed by atoms with Crippen LogP contribution in [0, 0.1) is 0 Å². The molecular formula is C12H15BrN2O5. The summed E-state index contributed by atoms with van der Waals surface area (Å²) in [4.78, 5) is 22.5. The maximum atomic E-state index is 11.7. The SMILES string of the molecule is COc1cc(Br)cc(NC(=O)N[C@@H](CCO)C(=O)O)c1. The van der Waals surface area contributed by atoms with Gasteiger partial charge in [0.05, 0.1) is 7.11 Å². The average Bonchev–Trinajstić information content (AvgIpc) is 2.37. The summed E-state index contributed by atoms with van der Waals surface area (Å²) in [6.45, 7) is -0.331. The maximum Gasteiger partial charge on any atom is 0.326 e. The molecule has 2 amide bonds. The lowest BCUT2D eigenvalue weighted by Gasteiger charge is -2.14. The minimum atomic E-state index is -1.21. The van der Waals surface area contributed by atoms with Crippen LogP contribution in [0.4, 0.5) is 10.5 Å². The van der Waals surface area contributed by atoms with Crippen LogP contribution in [0.25, 0.3) is 0 Å². The fourth-order valence-corrected chi connectivity index (χ4v) is 1.94. The molecule has 0 aliphatic carbocycles. The van der Waals surface area contributed by atoms with Crippen molar-refractivity contribution in [2.45, 2.75) is 12.5 Å². The van der Waals surface area contributed by atoms with Crippen LogP contribution in [0.3, 0.4) is 0 Å². The van der Waals surface area contributed by atoms with Crippen molar-refractivity contribution in [1.82, 2.24) is 5.32 Å². The third kappa shape index (κ3) is 5.06. The number of urea groups is 1. The van der Waals surface area contributed by atoms with Crippen LogP contribution in [-0.4, -0.2) is 42.0 Å². The van der Waals surface area contributed by atoms with Gasteiger partial charge in [0.15, 0.2) is 0 Å². The van der Waals surface area contributed by atoms with Crippen molar-refractivity contribution in [3.05, 3.63) is 22.7 Å². The number of aliphatic hydroxyl groups excluding tert-OH is 1. The lowest BCUT2D eigenvalue weighted by molar-refractivity contribution is -0.139. The molecule has 4 N–H and O–H groups in total. The first-order valence-corrected chi connectivity index (χ1v) is 6.51. The van der Waals surface area contributed by atoms with E-state index in [1.165, 1.54) is 7.11 Å². The number of benzene rings is 1. The van der Waals surface area contributed by atoms with Gasteiger partial charge in [0.2, 0.25) is 0 Å². The van der Waals surface area contributed by atoms with Gasteiger partial charge in [-0.15, -0.1) is 0 Å². The molecule has 1 atom stereocenters. The number of carboxylic acid groups (broad SMARTS) is 1. The number of hydrogen-bond acceptors (Lipinski definition) is 4. The molecule has 0 aromatic heterocycles. The number of anilines is 1. The Kier molecular flexibility index (Phi) is 6.26. The van der Waals surface area contributed by atoms with E-state index >= 15 is 0 Å². The summed E-state index contributed by atoms with van der Waals surface area (Å²) < 4.78 is 5.75. The normalized spacial score (nSPS) is 11.6. The number of hydrogen-bond donors (Lipinski definition) is 4. The molecule has 20 heavy (non-hydrogen) atoms. The van der Waals surface area contributed by atoms with E-state index in [1.807, 2.05) is 0 Å². The lowest BCUT2D eigenvalue weighted by Crippen LogP contribution is -2.43. The Morgan fingerprint density at radius 1 is 1.40 bits per heavy atom. The van der Waals surface area contributed by atoms with Gasteiger partial charge in [0.25, 0.3) is 0 Å². The number of amides is 2. The van der Waals surface area contributed by atoms with E-state index in [-0.39, 0.29) is 13.0 Å². The van der Waals surface area contributed by atoms with Gasteiger partial charge in [-0.2, -0.15) is 0 Å². The molecular weight excluding hydrogens is 332 g/mol. The second-order valence-corrected chi connectivity index (χ2v) is 4.80. The Balaban J connectivity index is 2.70. The van der Waals surface area contributed by atoms with Crippen LogP contribution in [0.1, 0.15) is 6.42 Å². The highest BCUT2D eigenvalue weighted by Gasteiger charge is 2.19. The van der Waals surface area contributed by atoms with Gasteiger partial charge in [-0.25, -0.2) is 9.59 Å². The zero-order chi connectivity index (χ0) is 15.1. The van der Waals surface area contributed by atoms with Crippen molar-refractivity contribution >= 4 is 33.6 Å². The van der Waals surface area contributed by atoms with E-state index < -0.39 is 18.0 Å². The van der Waals surface area contributed by atoms with E-state index in [1.54, 1.807) is 18.2 Å². The molecule has 0 saturated carbocycles. The lowest BCUT2D eigenvalue weighted by atomic mass is 10.2. The minimum Gasteiger partial charge on any atom is -0.497 e. The van der Waals surface area contributed by atoms with Crippen molar-refractivity contribution in [2.24, 2.45) is 0 Å². The second-order valence-electron chi connectivity index (χ2n) is 3.88. The molecule has 0 radical (unpaired) electrons. The molecule has 1 aromatic rings. The number of rotatable bonds is 6. The molecule has 0 unspecified atom stereocenters. The van der Waals surface area contributed by atoms with E-state index in [9.17, 15) is 9.59 Å². The first kappa shape index (κ1) is 16.3. The Labute approximate surface area is 124 Å². The number of halogens is 1. The van der Waals surface area contributed by atoms with E-state index in [0.29, 0.717) is 15.9 Å². The van der Waals surface area contributed by atoms with Crippen LogP contribution in [-0.2, 0) is 4.79 Å². The van der Waals surface area contributed by atoms with Crippen LogP contribution >= 0.6 is 15.9 Å². The number of aliphatic hydroxyl groups is 1. The molecule has 8 heteroatoms. The standard InChI is InChI=1S/C12H15BrN2O5/c1-20-9-5-7(13)4-8(6-9)14-12(19)15-10(2-3-16)11(17)18/h4-6,10,16H,2-3H2,1H3,(H,17,18)(H2,14,15,19)/t10-/m0/s1. The highest BCUT2D eigenvalue weighted by molar-refractivity contribution is 9.10. The number of carbonyl (C=O) groups excluding carboxylic acids is 1. The number of carboxylic acids is 1. The van der Waals surface area contributed by atoms with Crippen molar-refractivity contribution in [3.63, 3.8) is 0 Å². The number of ether oxygens (including phenoxy) is 1. The third-order valence-electron chi connectivity index (χ3n) is 2.39. The molecule has 0 fully saturated rings. The molecule has 7 nitrogen and oxygen atoms in total. The molecule has 0 spiro atoms. The molecule has 0 saturated heterocycles. The van der Waals surface area contributed by atoms with E-state index in [4.69, 9.17) is 14.9 Å². The highest BCUT2D eigenvalue weighted by Crippen LogP contribution is 2.24. The van der Waals surface area contributed by atoms with Crippen LogP contribution < -0.4 is 15.4 Å². The summed E-state index contributed by atoms with van der Waals surface area (Å²) in [6, 6.07) is 3.13. The zero-order valence-electron chi connectivity index (χ0n) is 10.7. The van der Waals surface area contributed by atoms with Crippen molar-refractivity contribution in [3.8, 4) is 5.75 Å². The molecule has 0 aliphatic heterocycles. The topological polar surface area (TPSA) is 108 Å². The van der Waals surface area contributed by atoms with Crippen molar-refractivity contribution in [1.29, 1.82) is 0 Å². The number of nitrogens with one attached hydrogen (secondary N) is 2. The smallest absolute Gasteiger partial charge is 0.326 e. The predicted octanol–water partition coefficient (Wildman–Crippen LogP) is 1.41. The van der Waals surface area contributed by atoms with Crippen LogP contribution in [0.15, 0.2) is 22.7 Å². The summed E-state index contributed by atoms with van der Waals surface area (Å²) in [5.74, 6) is -0.666. The largest absolute Gasteiger partial charge is 0.497 e. The fourth-order valence-electron chi connectivity index (χ4n) is 1.46. The highest BCUT2D eigenvalue weighted by atomic mass is 79.9. The van der Waals surface area contributed by atoms with Gasteiger partial charge in [-0.05, 0) is 12.1 Å². The van der Waals surface area contributed by atoms with Gasteiger partial charge < -0.3 is 25.6 Å². The van der Waals surface area contributed by atoms with Gasteiger partial charge >= 0.3 is 12.0 Å². The average molecular weight is 347 g/mol. The van der Waals surface area contributed by atoms with Crippen LogP contribution in [0.5, 0.6) is 5.75 Å².